The Morgan fingerprint density at radius 1 is 1.20 bits per heavy atom. The van der Waals surface area contributed by atoms with Crippen molar-refractivity contribution in [1.29, 1.82) is 0 Å². The molecule has 6 heteroatoms. The zero-order chi connectivity index (χ0) is 15.2. The maximum absolute atomic E-state index is 12.1. The van der Waals surface area contributed by atoms with Gasteiger partial charge in [-0.2, -0.15) is 0 Å². The highest BCUT2D eigenvalue weighted by Gasteiger charge is 2.15. The van der Waals surface area contributed by atoms with Crippen LogP contribution in [-0.2, 0) is 9.84 Å². The first-order valence-corrected chi connectivity index (χ1v) is 9.19. The van der Waals surface area contributed by atoms with Crippen LogP contribution in [0, 0.1) is 0 Å². The summed E-state index contributed by atoms with van der Waals surface area (Å²) in [6.45, 7) is 5.10. The average Bonchev–Trinajstić information content (AvgIpc) is 2.38. The maximum Gasteiger partial charge on any atom is 0.178 e. The minimum absolute atomic E-state index is 0.143. The third-order valence-corrected chi connectivity index (χ3v) is 5.64. The highest BCUT2D eigenvalue weighted by Crippen LogP contribution is 2.25. The molecule has 1 atom stereocenters. The second-order valence-corrected chi connectivity index (χ2v) is 7.77. The number of sulfone groups is 1. The van der Waals surface area contributed by atoms with Crippen molar-refractivity contribution in [2.24, 2.45) is 0 Å². The summed E-state index contributed by atoms with van der Waals surface area (Å²) < 4.78 is 24.3. The van der Waals surface area contributed by atoms with Gasteiger partial charge >= 0.3 is 0 Å². The molecule has 1 aromatic carbocycles. The van der Waals surface area contributed by atoms with E-state index in [1.54, 1.807) is 0 Å². The summed E-state index contributed by atoms with van der Waals surface area (Å²) in [6, 6.07) is 4.86. The van der Waals surface area contributed by atoms with E-state index in [9.17, 15) is 8.42 Å². The van der Waals surface area contributed by atoms with E-state index in [-0.39, 0.29) is 15.7 Å². The molecular weight excluding hydrogens is 317 g/mol. The number of rotatable bonds is 8. The molecular formula is C14H21Cl2NO2S. The maximum atomic E-state index is 12.1. The summed E-state index contributed by atoms with van der Waals surface area (Å²) in [4.78, 5) is 0.242. The molecule has 0 fully saturated rings. The quantitative estimate of drug-likeness (QED) is 0.731. The SMILES string of the molecule is CCNC(C)CCCCS(=O)(=O)c1ccc(Cl)c(Cl)c1. The van der Waals surface area contributed by atoms with Gasteiger partial charge in [-0.25, -0.2) is 8.42 Å². The van der Waals surface area contributed by atoms with Crippen LogP contribution in [0.5, 0.6) is 0 Å². The smallest absolute Gasteiger partial charge is 0.178 e. The van der Waals surface area contributed by atoms with E-state index in [1.807, 2.05) is 0 Å². The lowest BCUT2D eigenvalue weighted by molar-refractivity contribution is 0.507. The molecule has 0 radical (unpaired) electrons. The highest BCUT2D eigenvalue weighted by molar-refractivity contribution is 7.91. The summed E-state index contributed by atoms with van der Waals surface area (Å²) in [5.41, 5.74) is 0. The molecule has 114 valence electrons. The minimum Gasteiger partial charge on any atom is -0.315 e. The van der Waals surface area contributed by atoms with E-state index in [4.69, 9.17) is 23.2 Å². The summed E-state index contributed by atoms with van der Waals surface area (Å²) in [5, 5.41) is 3.94. The summed E-state index contributed by atoms with van der Waals surface area (Å²) >= 11 is 11.6. The van der Waals surface area contributed by atoms with Gasteiger partial charge in [-0.1, -0.05) is 36.5 Å². The number of benzene rings is 1. The zero-order valence-corrected chi connectivity index (χ0v) is 14.2. The third-order valence-electron chi connectivity index (χ3n) is 3.10. The van der Waals surface area contributed by atoms with Gasteiger partial charge in [-0.15, -0.1) is 0 Å². The normalized spacial score (nSPS) is 13.4. The van der Waals surface area contributed by atoms with E-state index < -0.39 is 9.84 Å². The molecule has 1 aromatic rings. The van der Waals surface area contributed by atoms with Crippen LogP contribution >= 0.6 is 23.2 Å². The first kappa shape index (κ1) is 17.8. The first-order valence-electron chi connectivity index (χ1n) is 6.78. The molecule has 3 nitrogen and oxygen atoms in total. The number of halogens is 2. The predicted octanol–water partition coefficient (Wildman–Crippen LogP) is 3.94. The molecule has 0 amide bonds. The number of unbranched alkanes of at least 4 members (excludes halogenated alkanes) is 1. The molecule has 0 aromatic heterocycles. The molecule has 0 saturated heterocycles. The van der Waals surface area contributed by atoms with Gasteiger partial charge in [0.1, 0.15) is 0 Å². The molecule has 20 heavy (non-hydrogen) atoms. The molecule has 1 rings (SSSR count). The van der Waals surface area contributed by atoms with Gasteiger partial charge in [-0.05, 0) is 44.5 Å². The van der Waals surface area contributed by atoms with Crippen LogP contribution in [-0.4, -0.2) is 26.8 Å². The fourth-order valence-corrected chi connectivity index (χ4v) is 3.74. The lowest BCUT2D eigenvalue weighted by Crippen LogP contribution is -2.25. The van der Waals surface area contributed by atoms with E-state index >= 15 is 0 Å². The van der Waals surface area contributed by atoms with Crippen LogP contribution in [0.4, 0.5) is 0 Å². The van der Waals surface area contributed by atoms with Crippen molar-refractivity contribution in [2.45, 2.75) is 44.0 Å². The van der Waals surface area contributed by atoms with Crippen molar-refractivity contribution in [3.05, 3.63) is 28.2 Å². The largest absolute Gasteiger partial charge is 0.315 e. The predicted molar refractivity (Wildman–Crippen MR) is 85.5 cm³/mol. The molecule has 0 aliphatic carbocycles. The minimum atomic E-state index is -3.27. The second kappa shape index (κ2) is 8.23. The van der Waals surface area contributed by atoms with Crippen LogP contribution in [0.2, 0.25) is 10.0 Å². The number of nitrogens with one attached hydrogen (secondary N) is 1. The Morgan fingerprint density at radius 3 is 2.50 bits per heavy atom. The summed E-state index contributed by atoms with van der Waals surface area (Å²) in [6.07, 6.45) is 2.51. The van der Waals surface area contributed by atoms with Gasteiger partial charge < -0.3 is 5.32 Å². The van der Waals surface area contributed by atoms with Gasteiger partial charge in [0.15, 0.2) is 9.84 Å². The van der Waals surface area contributed by atoms with Gasteiger partial charge in [0.2, 0.25) is 0 Å². The summed E-state index contributed by atoms with van der Waals surface area (Å²) in [7, 11) is -3.27. The Labute approximate surface area is 131 Å². The molecule has 0 saturated carbocycles. The van der Waals surface area contributed by atoms with Crippen molar-refractivity contribution < 1.29 is 8.42 Å². The average molecular weight is 338 g/mol. The van der Waals surface area contributed by atoms with Crippen molar-refractivity contribution in [3.63, 3.8) is 0 Å². The Balaban J connectivity index is 2.51. The van der Waals surface area contributed by atoms with Crippen LogP contribution in [0.15, 0.2) is 23.1 Å². The van der Waals surface area contributed by atoms with Crippen LogP contribution in [0.1, 0.15) is 33.1 Å². The molecule has 1 N–H and O–H groups in total. The van der Waals surface area contributed by atoms with Gasteiger partial charge in [0.25, 0.3) is 0 Å². The van der Waals surface area contributed by atoms with E-state index in [1.165, 1.54) is 18.2 Å². The number of hydrogen-bond donors (Lipinski definition) is 1. The third kappa shape index (κ3) is 5.60. The Bertz CT molecular complexity index is 532. The van der Waals surface area contributed by atoms with Crippen molar-refractivity contribution in [2.75, 3.05) is 12.3 Å². The Kier molecular flexibility index (Phi) is 7.30. The number of hydrogen-bond acceptors (Lipinski definition) is 3. The molecule has 0 aliphatic rings. The van der Waals surface area contributed by atoms with Crippen molar-refractivity contribution in [3.8, 4) is 0 Å². The van der Waals surface area contributed by atoms with E-state index in [0.717, 1.165) is 19.4 Å². The highest BCUT2D eigenvalue weighted by atomic mass is 35.5. The standard InChI is InChI=1S/C14H21Cl2NO2S/c1-3-17-11(2)6-4-5-9-20(18,19)12-7-8-13(15)14(16)10-12/h7-8,10-11,17H,3-6,9H2,1-2H3. The summed E-state index contributed by atoms with van der Waals surface area (Å²) in [5.74, 6) is 0.143. The van der Waals surface area contributed by atoms with Gasteiger partial charge in [0, 0.05) is 6.04 Å². The van der Waals surface area contributed by atoms with Crippen LogP contribution in [0.3, 0.4) is 0 Å². The fraction of sp³-hybridized carbons (Fsp3) is 0.571. The van der Waals surface area contributed by atoms with E-state index in [2.05, 4.69) is 19.2 Å². The molecule has 1 unspecified atom stereocenters. The molecule has 0 bridgehead atoms. The van der Waals surface area contributed by atoms with E-state index in [0.29, 0.717) is 17.5 Å². The molecule has 0 aliphatic heterocycles. The topological polar surface area (TPSA) is 46.2 Å². The molecule has 0 heterocycles. The monoisotopic (exact) mass is 337 g/mol. The fourth-order valence-electron chi connectivity index (χ4n) is 1.98. The Morgan fingerprint density at radius 2 is 1.90 bits per heavy atom. The van der Waals surface area contributed by atoms with Crippen molar-refractivity contribution >= 4 is 33.0 Å². The van der Waals surface area contributed by atoms with Crippen LogP contribution < -0.4 is 5.32 Å². The van der Waals surface area contributed by atoms with Gasteiger partial charge in [0.05, 0.1) is 20.7 Å². The second-order valence-electron chi connectivity index (χ2n) is 4.85. The zero-order valence-electron chi connectivity index (χ0n) is 11.8. The lowest BCUT2D eigenvalue weighted by Gasteiger charge is -2.11. The Hall–Kier alpha value is -0.290. The van der Waals surface area contributed by atoms with Gasteiger partial charge in [-0.3, -0.25) is 0 Å². The lowest BCUT2D eigenvalue weighted by atomic mass is 10.1. The molecule has 0 spiro atoms. The van der Waals surface area contributed by atoms with Crippen LogP contribution in [0.25, 0.3) is 0 Å². The first-order chi connectivity index (χ1) is 9.36. The van der Waals surface area contributed by atoms with Crippen molar-refractivity contribution in [1.82, 2.24) is 5.32 Å².